The number of carboxylic acids is 1. The summed E-state index contributed by atoms with van der Waals surface area (Å²) < 4.78 is 0. The second kappa shape index (κ2) is 9.61. The van der Waals surface area contributed by atoms with Crippen LogP contribution in [0.5, 0.6) is 0 Å². The van der Waals surface area contributed by atoms with Gasteiger partial charge in [-0.3, -0.25) is 9.63 Å². The molecule has 1 rings (SSSR count). The average Bonchev–Trinajstić information content (AvgIpc) is 2.55. The van der Waals surface area contributed by atoms with E-state index in [2.05, 4.69) is 10.9 Å². The van der Waals surface area contributed by atoms with Crippen molar-refractivity contribution in [1.29, 1.82) is 0 Å². The van der Waals surface area contributed by atoms with Crippen LogP contribution in [-0.4, -0.2) is 46.7 Å². The van der Waals surface area contributed by atoms with E-state index in [0.29, 0.717) is 25.7 Å². The molecule has 9 heteroatoms. The van der Waals surface area contributed by atoms with Crippen LogP contribution < -0.4 is 16.2 Å². The van der Waals surface area contributed by atoms with E-state index >= 15 is 0 Å². The fraction of sp³-hybridized carbons (Fsp3) is 0.882. The number of rotatable bonds is 8. The SMILES string of the molecule is CC(C)C(NC(=O)C1CCC(ON[NH+]([O-])N(C)C(C)(C)C)CC1)C(=O)O. The van der Waals surface area contributed by atoms with Crippen molar-refractivity contribution in [2.45, 2.75) is 78.0 Å². The third-order valence-corrected chi connectivity index (χ3v) is 4.90. The minimum Gasteiger partial charge on any atom is -0.591 e. The standard InChI is InChI=1S/C17H34N4O5/c1-11(2)14(16(23)24)18-15(22)12-7-9-13(10-8-12)26-19-21(25)20(6)17(3,4)5/h11-14,19,21H,7-10H2,1-6H3,(H,18,22)(H,23,24). The summed E-state index contributed by atoms with van der Waals surface area (Å²) in [6.07, 6.45) is 2.34. The minimum atomic E-state index is -1.02. The Bertz CT molecular complexity index is 472. The Morgan fingerprint density at radius 3 is 2.19 bits per heavy atom. The Hall–Kier alpha value is -1.26. The lowest BCUT2D eigenvalue weighted by Gasteiger charge is -2.39. The van der Waals surface area contributed by atoms with Crippen molar-refractivity contribution in [2.24, 2.45) is 11.8 Å². The first-order valence-corrected chi connectivity index (χ1v) is 9.16. The summed E-state index contributed by atoms with van der Waals surface area (Å²) in [5.41, 5.74) is 2.17. The predicted molar refractivity (Wildman–Crippen MR) is 96.2 cm³/mol. The number of nitrogens with zero attached hydrogens (tertiary/aromatic N) is 1. The molecule has 0 spiro atoms. The Labute approximate surface area is 155 Å². The van der Waals surface area contributed by atoms with Gasteiger partial charge in [0.15, 0.2) is 0 Å². The molecule has 1 amide bonds. The summed E-state index contributed by atoms with van der Waals surface area (Å²) in [5.74, 6) is -1.63. The summed E-state index contributed by atoms with van der Waals surface area (Å²) >= 11 is 0. The van der Waals surface area contributed by atoms with E-state index in [9.17, 15) is 19.9 Å². The van der Waals surface area contributed by atoms with Gasteiger partial charge in [-0.2, -0.15) is 5.28 Å². The number of nitrogens with one attached hydrogen (secondary N) is 3. The summed E-state index contributed by atoms with van der Waals surface area (Å²) in [6, 6.07) is -0.872. The Morgan fingerprint density at radius 2 is 1.77 bits per heavy atom. The highest BCUT2D eigenvalue weighted by atomic mass is 16.8. The van der Waals surface area contributed by atoms with Crippen LogP contribution in [0.3, 0.4) is 0 Å². The highest BCUT2D eigenvalue weighted by Gasteiger charge is 2.31. The molecule has 0 aliphatic heterocycles. The van der Waals surface area contributed by atoms with Gasteiger partial charge in [0.1, 0.15) is 6.04 Å². The quantitative estimate of drug-likeness (QED) is 0.449. The first kappa shape index (κ1) is 22.8. The maximum absolute atomic E-state index is 12.3. The third kappa shape index (κ3) is 6.81. The smallest absolute Gasteiger partial charge is 0.326 e. The normalized spacial score (nSPS) is 23.7. The summed E-state index contributed by atoms with van der Waals surface area (Å²) in [6.45, 7) is 9.32. The molecule has 0 aromatic carbocycles. The fourth-order valence-electron chi connectivity index (χ4n) is 2.73. The Morgan fingerprint density at radius 1 is 1.23 bits per heavy atom. The molecule has 26 heavy (non-hydrogen) atoms. The zero-order valence-corrected chi connectivity index (χ0v) is 16.7. The van der Waals surface area contributed by atoms with Gasteiger partial charge in [-0.05, 0) is 58.0 Å². The predicted octanol–water partition coefficient (Wildman–Crippen LogP) is 0.235. The maximum Gasteiger partial charge on any atom is 0.326 e. The van der Waals surface area contributed by atoms with Gasteiger partial charge in [-0.15, -0.1) is 5.01 Å². The first-order valence-electron chi connectivity index (χ1n) is 9.16. The van der Waals surface area contributed by atoms with Crippen LogP contribution in [0.15, 0.2) is 0 Å². The molecule has 152 valence electrons. The molecule has 1 aliphatic rings. The number of amides is 1. The summed E-state index contributed by atoms with van der Waals surface area (Å²) in [4.78, 5) is 29.0. The number of aliphatic carboxylic acids is 1. The van der Waals surface area contributed by atoms with Gasteiger partial charge in [-0.25, -0.2) is 4.79 Å². The van der Waals surface area contributed by atoms with Crippen molar-refractivity contribution in [1.82, 2.24) is 15.9 Å². The topological polar surface area (TPSA) is 118 Å². The van der Waals surface area contributed by atoms with Crippen LogP contribution >= 0.6 is 0 Å². The highest BCUT2D eigenvalue weighted by Crippen LogP contribution is 2.26. The summed E-state index contributed by atoms with van der Waals surface area (Å²) in [5, 5.41) is 25.1. The molecule has 2 atom stereocenters. The van der Waals surface area contributed by atoms with Gasteiger partial charge in [0.2, 0.25) is 5.91 Å². The lowest BCUT2D eigenvalue weighted by atomic mass is 9.86. The molecule has 9 nitrogen and oxygen atoms in total. The third-order valence-electron chi connectivity index (χ3n) is 4.90. The van der Waals surface area contributed by atoms with Crippen LogP contribution in [-0.2, 0) is 14.4 Å². The molecule has 0 aromatic rings. The van der Waals surface area contributed by atoms with Crippen molar-refractivity contribution in [3.63, 3.8) is 0 Å². The molecule has 1 aliphatic carbocycles. The molecule has 0 aromatic heterocycles. The highest BCUT2D eigenvalue weighted by molar-refractivity contribution is 5.85. The molecule has 0 bridgehead atoms. The lowest BCUT2D eigenvalue weighted by Crippen LogP contribution is -3.21. The van der Waals surface area contributed by atoms with E-state index in [-0.39, 0.29) is 34.7 Å². The van der Waals surface area contributed by atoms with E-state index in [1.165, 1.54) is 0 Å². The number of quaternary nitrogens is 1. The monoisotopic (exact) mass is 374 g/mol. The van der Waals surface area contributed by atoms with Crippen LogP contribution in [0.4, 0.5) is 0 Å². The minimum absolute atomic E-state index is 0.142. The number of carbonyl (C=O) groups excluding carboxylic acids is 1. The molecule has 0 heterocycles. The molecule has 2 unspecified atom stereocenters. The Balaban J connectivity index is 2.40. The molecule has 1 fully saturated rings. The van der Waals surface area contributed by atoms with E-state index in [1.807, 2.05) is 20.8 Å². The molecule has 0 radical (unpaired) electrons. The van der Waals surface area contributed by atoms with Crippen LogP contribution in [0.2, 0.25) is 0 Å². The van der Waals surface area contributed by atoms with Crippen molar-refractivity contribution in [2.75, 3.05) is 7.05 Å². The van der Waals surface area contributed by atoms with Gasteiger partial charge >= 0.3 is 5.97 Å². The van der Waals surface area contributed by atoms with E-state index < -0.39 is 12.0 Å². The van der Waals surface area contributed by atoms with E-state index in [1.54, 1.807) is 25.9 Å². The number of carboxylic acid groups (broad SMARTS) is 1. The molecular weight excluding hydrogens is 340 g/mol. The molecule has 0 saturated heterocycles. The van der Waals surface area contributed by atoms with Crippen LogP contribution in [0, 0.1) is 17.0 Å². The summed E-state index contributed by atoms with van der Waals surface area (Å²) in [7, 11) is 1.70. The van der Waals surface area contributed by atoms with Crippen LogP contribution in [0.25, 0.3) is 0 Å². The number of hydrogen-bond acceptors (Lipinski definition) is 6. The van der Waals surface area contributed by atoms with Crippen LogP contribution in [0.1, 0.15) is 60.3 Å². The Kier molecular flexibility index (Phi) is 8.42. The van der Waals surface area contributed by atoms with Gasteiger partial charge in [-0.1, -0.05) is 13.8 Å². The number of carbonyl (C=O) groups is 2. The fourth-order valence-corrected chi connectivity index (χ4v) is 2.73. The van der Waals surface area contributed by atoms with Gasteiger partial charge in [0.25, 0.3) is 0 Å². The zero-order valence-electron chi connectivity index (χ0n) is 16.7. The lowest BCUT2D eigenvalue weighted by molar-refractivity contribution is -1.04. The van der Waals surface area contributed by atoms with E-state index in [4.69, 9.17) is 4.84 Å². The maximum atomic E-state index is 12.3. The molecular formula is C17H34N4O5. The van der Waals surface area contributed by atoms with Crippen molar-refractivity contribution < 1.29 is 24.8 Å². The van der Waals surface area contributed by atoms with E-state index in [0.717, 1.165) is 0 Å². The van der Waals surface area contributed by atoms with Gasteiger partial charge < -0.3 is 15.6 Å². The first-order chi connectivity index (χ1) is 11.9. The van der Waals surface area contributed by atoms with Gasteiger partial charge in [0.05, 0.1) is 11.6 Å². The second-order valence-electron chi connectivity index (χ2n) is 8.30. The van der Waals surface area contributed by atoms with Crippen molar-refractivity contribution in [3.8, 4) is 0 Å². The van der Waals surface area contributed by atoms with Gasteiger partial charge in [0, 0.05) is 13.0 Å². The second-order valence-corrected chi connectivity index (χ2v) is 8.30. The average molecular weight is 374 g/mol. The molecule has 1 saturated carbocycles. The largest absolute Gasteiger partial charge is 0.591 e. The van der Waals surface area contributed by atoms with Crippen molar-refractivity contribution in [3.05, 3.63) is 5.21 Å². The number of hydrogen-bond donors (Lipinski definition) is 4. The molecule has 4 N–H and O–H groups in total. The zero-order chi connectivity index (χ0) is 20.1. The van der Waals surface area contributed by atoms with Crippen molar-refractivity contribution >= 4 is 11.9 Å².